The Kier molecular flexibility index (Phi) is 13.0. The highest BCUT2D eigenvalue weighted by Gasteiger charge is 2.29. The van der Waals surface area contributed by atoms with Crippen LogP contribution in [-0.2, 0) is 11.3 Å². The third-order valence-electron chi connectivity index (χ3n) is 7.22. The van der Waals surface area contributed by atoms with E-state index < -0.39 is 53.0 Å². The molecule has 12 heteroatoms. The fraction of sp³-hybridized carbons (Fsp3) is 0.375. The maximum atomic E-state index is 13.3. The Hall–Kier alpha value is -3.64. The fourth-order valence-corrected chi connectivity index (χ4v) is 5.25. The third-order valence-corrected chi connectivity index (χ3v) is 7.86. The van der Waals surface area contributed by atoms with Crippen molar-refractivity contribution < 1.29 is 41.4 Å². The Morgan fingerprint density at radius 3 is 2.14 bits per heavy atom. The summed E-state index contributed by atoms with van der Waals surface area (Å²) >= 11 is 1.55. The number of benzene rings is 3. The first-order valence-electron chi connectivity index (χ1n) is 14.1. The molecule has 4 rings (SSSR count). The number of thioether (sulfide) groups is 1. The van der Waals surface area contributed by atoms with Gasteiger partial charge in [0.25, 0.3) is 5.91 Å². The lowest BCUT2D eigenvalue weighted by Gasteiger charge is -2.23. The van der Waals surface area contributed by atoms with E-state index in [4.69, 9.17) is 10.5 Å². The van der Waals surface area contributed by atoms with E-state index in [0.717, 1.165) is 41.5 Å². The number of hydrogen-bond acceptors (Lipinski definition) is 5. The molecule has 238 valence electrons. The first-order chi connectivity index (χ1) is 21.0. The second-order valence-corrected chi connectivity index (χ2v) is 11.3. The molecule has 0 aliphatic heterocycles. The Morgan fingerprint density at radius 2 is 1.57 bits per heavy atom. The number of aliphatic carboxylic acids is 1. The molecule has 1 saturated carbocycles. The van der Waals surface area contributed by atoms with Gasteiger partial charge in [-0.05, 0) is 85.4 Å². The van der Waals surface area contributed by atoms with Gasteiger partial charge in [0, 0.05) is 12.1 Å². The minimum atomic E-state index is -2.17. The summed E-state index contributed by atoms with van der Waals surface area (Å²) in [5.41, 5.74) is 9.85. The summed E-state index contributed by atoms with van der Waals surface area (Å²) in [7, 11) is 0. The second-order valence-electron chi connectivity index (χ2n) is 10.3. The van der Waals surface area contributed by atoms with Crippen molar-refractivity contribution in [1.82, 2.24) is 5.32 Å². The molecule has 1 aliphatic rings. The van der Waals surface area contributed by atoms with Crippen molar-refractivity contribution in [3.05, 3.63) is 88.2 Å². The molecule has 1 aliphatic carbocycles. The van der Waals surface area contributed by atoms with Gasteiger partial charge in [-0.3, -0.25) is 4.79 Å². The van der Waals surface area contributed by atoms with Gasteiger partial charge >= 0.3 is 5.97 Å². The largest absolute Gasteiger partial charge is 0.484 e. The lowest BCUT2D eigenvalue weighted by Crippen LogP contribution is -2.41. The predicted octanol–water partition coefficient (Wildman–Crippen LogP) is 7.15. The molecule has 3 aromatic carbocycles. The smallest absolute Gasteiger partial charge is 0.326 e. The lowest BCUT2D eigenvalue weighted by molar-refractivity contribution is -0.139. The highest BCUT2D eigenvalue weighted by molar-refractivity contribution is 7.98. The zero-order valence-corrected chi connectivity index (χ0v) is 25.2. The van der Waals surface area contributed by atoms with Gasteiger partial charge < -0.3 is 20.9 Å². The van der Waals surface area contributed by atoms with Crippen LogP contribution in [0.3, 0.4) is 0 Å². The monoisotopic (exact) mass is 638 g/mol. The third kappa shape index (κ3) is 8.72. The Labute approximate surface area is 257 Å². The average Bonchev–Trinajstić information content (AvgIpc) is 3.03. The Bertz CT molecular complexity index is 1440. The van der Waals surface area contributed by atoms with E-state index in [1.807, 2.05) is 43.5 Å². The minimum absolute atomic E-state index is 0.367. The van der Waals surface area contributed by atoms with Crippen LogP contribution in [0.15, 0.2) is 42.5 Å². The van der Waals surface area contributed by atoms with E-state index >= 15 is 0 Å². The molecule has 0 heterocycles. The summed E-state index contributed by atoms with van der Waals surface area (Å²) in [6, 6.07) is 12.3. The average molecular weight is 639 g/mol. The molecule has 0 spiro atoms. The van der Waals surface area contributed by atoms with Gasteiger partial charge in [0.15, 0.2) is 5.75 Å². The van der Waals surface area contributed by atoms with Crippen LogP contribution >= 0.6 is 11.8 Å². The second kappa shape index (κ2) is 16.4. The number of amides is 1. The fourth-order valence-electron chi connectivity index (χ4n) is 4.78. The molecular formula is C32H35F5N2O4S. The molecular weight excluding hydrogens is 603 g/mol. The van der Waals surface area contributed by atoms with E-state index in [9.17, 15) is 36.6 Å². The number of nitrogens with one attached hydrogen (secondary N) is 1. The zero-order chi connectivity index (χ0) is 32.4. The zero-order valence-electron chi connectivity index (χ0n) is 24.4. The summed E-state index contributed by atoms with van der Waals surface area (Å²) < 4.78 is 70.2. The van der Waals surface area contributed by atoms with Crippen LogP contribution in [0.25, 0.3) is 11.1 Å². The highest BCUT2D eigenvalue weighted by Crippen LogP contribution is 2.32. The van der Waals surface area contributed by atoms with Gasteiger partial charge in [-0.25, -0.2) is 18.0 Å². The lowest BCUT2D eigenvalue weighted by atomic mass is 9.93. The number of carbonyl (C=O) groups is 2. The maximum Gasteiger partial charge on any atom is 0.326 e. The number of hydrogen-bond donors (Lipinski definition) is 3. The van der Waals surface area contributed by atoms with Gasteiger partial charge in [0.1, 0.15) is 6.04 Å². The number of rotatable bonds is 10. The van der Waals surface area contributed by atoms with Gasteiger partial charge in [0.05, 0.1) is 6.10 Å². The first kappa shape index (κ1) is 34.8. The summed E-state index contributed by atoms with van der Waals surface area (Å²) in [6.45, 7) is 2.34. The van der Waals surface area contributed by atoms with Crippen LogP contribution in [0.1, 0.15) is 60.0 Å². The summed E-state index contributed by atoms with van der Waals surface area (Å²) in [5, 5.41) is 12.0. The van der Waals surface area contributed by atoms with Crippen LogP contribution < -0.4 is 15.8 Å². The first-order valence-corrected chi connectivity index (χ1v) is 15.5. The van der Waals surface area contributed by atoms with E-state index in [1.54, 1.807) is 23.9 Å². The number of aryl methyl sites for hydroxylation is 1. The van der Waals surface area contributed by atoms with Crippen molar-refractivity contribution in [2.45, 2.75) is 64.1 Å². The van der Waals surface area contributed by atoms with E-state index in [2.05, 4.69) is 5.32 Å². The van der Waals surface area contributed by atoms with Crippen molar-refractivity contribution in [1.29, 1.82) is 0 Å². The molecule has 1 amide bonds. The topological polar surface area (TPSA) is 102 Å². The molecule has 0 radical (unpaired) electrons. The summed E-state index contributed by atoms with van der Waals surface area (Å²) in [5.74, 6) is -11.8. The molecule has 1 unspecified atom stereocenters. The summed E-state index contributed by atoms with van der Waals surface area (Å²) in [4.78, 5) is 24.3. The van der Waals surface area contributed by atoms with E-state index in [-0.39, 0.29) is 5.91 Å². The molecule has 6 nitrogen and oxygen atoms in total. The van der Waals surface area contributed by atoms with Crippen molar-refractivity contribution in [3.63, 3.8) is 0 Å². The predicted molar refractivity (Wildman–Crippen MR) is 160 cm³/mol. The van der Waals surface area contributed by atoms with Crippen LogP contribution in [0.4, 0.5) is 22.0 Å². The number of nitrogens with two attached hydrogens (primary N) is 1. The highest BCUT2D eigenvalue weighted by atomic mass is 32.2. The van der Waals surface area contributed by atoms with Gasteiger partial charge in [-0.1, -0.05) is 36.8 Å². The van der Waals surface area contributed by atoms with E-state index in [0.29, 0.717) is 37.1 Å². The van der Waals surface area contributed by atoms with Gasteiger partial charge in [-0.2, -0.15) is 20.5 Å². The molecule has 4 N–H and O–H groups in total. The number of halogens is 5. The Balaban J connectivity index is 0.000000257. The Morgan fingerprint density at radius 1 is 0.955 bits per heavy atom. The van der Waals surface area contributed by atoms with Crippen LogP contribution in [0, 0.1) is 36.0 Å². The van der Waals surface area contributed by atoms with Crippen LogP contribution in [-0.4, -0.2) is 41.1 Å². The number of ether oxygens (including phenoxy) is 1. The van der Waals surface area contributed by atoms with Crippen molar-refractivity contribution in [2.24, 2.45) is 5.73 Å². The normalized spacial score (nSPS) is 13.9. The van der Waals surface area contributed by atoms with Crippen molar-refractivity contribution >= 4 is 23.6 Å². The number of carboxylic acid groups (broad SMARTS) is 1. The quantitative estimate of drug-likeness (QED) is 0.124. The van der Waals surface area contributed by atoms with Gasteiger partial charge in [0.2, 0.25) is 29.1 Å². The summed E-state index contributed by atoms with van der Waals surface area (Å²) in [6.07, 6.45) is 5.52. The molecule has 44 heavy (non-hydrogen) atoms. The molecule has 1 atom stereocenters. The molecule has 1 fully saturated rings. The van der Waals surface area contributed by atoms with Crippen LogP contribution in [0.5, 0.6) is 5.75 Å². The van der Waals surface area contributed by atoms with Crippen LogP contribution in [0.2, 0.25) is 0 Å². The minimum Gasteiger partial charge on any atom is -0.484 e. The van der Waals surface area contributed by atoms with Crippen molar-refractivity contribution in [3.8, 4) is 16.9 Å². The molecule has 3 aromatic rings. The van der Waals surface area contributed by atoms with Crippen molar-refractivity contribution in [2.75, 3.05) is 12.0 Å². The number of carboxylic acids is 1. The molecule has 0 bridgehead atoms. The number of carbonyl (C=O) groups excluding carboxylic acids is 1. The van der Waals surface area contributed by atoms with Gasteiger partial charge in [-0.15, -0.1) is 0 Å². The SMILES string of the molecule is CSCCC(NC(=O)c1ccc(CN)cc1-c1ccccc1C)C(=O)O.Fc1c(F)c(F)c(OC2CCCCC2)c(F)c1F. The molecule has 0 saturated heterocycles. The standard InChI is InChI=1S/C20H24N2O3S.C12H11F5O/c1-13-5-3-4-6-15(13)17-11-14(12-21)7-8-16(17)19(23)22-18(20(24)25)9-10-26-2;13-7-8(14)10(16)12(11(17)9(7)15)18-6-4-2-1-3-5-6/h3-8,11,18H,9-10,12,21H2,1-2H3,(H,22,23)(H,24,25);6H,1-5H2. The van der Waals surface area contributed by atoms with E-state index in [1.165, 1.54) is 0 Å². The molecule has 0 aromatic heterocycles. The maximum absolute atomic E-state index is 13.3.